The van der Waals surface area contributed by atoms with Crippen molar-refractivity contribution in [3.05, 3.63) is 0 Å². The number of rotatable bonds is 8. The number of hydrogen-bond donors (Lipinski definition) is 1. The molecule has 4 nitrogen and oxygen atoms in total. The van der Waals surface area contributed by atoms with E-state index in [2.05, 4.69) is 37.9 Å². The van der Waals surface area contributed by atoms with E-state index in [0.29, 0.717) is 11.9 Å². The lowest BCUT2D eigenvalue weighted by atomic mass is 10.2. The number of carbonyl (C=O) groups excluding carboxylic acids is 1. The quantitative estimate of drug-likeness (QED) is 0.710. The third kappa shape index (κ3) is 3.95. The number of hydrogen-bond acceptors (Lipinski definition) is 3. The number of amides is 1. The molecule has 0 bridgehead atoms. The van der Waals surface area contributed by atoms with Crippen LogP contribution in [0.5, 0.6) is 0 Å². The smallest absolute Gasteiger partial charge is 0.240 e. The van der Waals surface area contributed by atoms with E-state index in [1.54, 1.807) is 0 Å². The second-order valence-electron chi connectivity index (χ2n) is 5.16. The maximum atomic E-state index is 12.3. The van der Waals surface area contributed by atoms with Crippen LogP contribution in [0.25, 0.3) is 0 Å². The van der Waals surface area contributed by atoms with Crippen LogP contribution in [0.4, 0.5) is 0 Å². The fourth-order valence-corrected chi connectivity index (χ4v) is 2.60. The molecule has 18 heavy (non-hydrogen) atoms. The zero-order chi connectivity index (χ0) is 13.5. The predicted molar refractivity (Wildman–Crippen MR) is 75.7 cm³/mol. The van der Waals surface area contributed by atoms with Gasteiger partial charge in [-0.1, -0.05) is 20.8 Å². The number of nitrogens with one attached hydrogen (secondary N) is 1. The summed E-state index contributed by atoms with van der Waals surface area (Å²) in [5, 5.41) is 3.34. The van der Waals surface area contributed by atoms with E-state index in [-0.39, 0.29) is 6.04 Å². The van der Waals surface area contributed by atoms with E-state index < -0.39 is 0 Å². The number of likely N-dealkylation sites (tertiary alicyclic amines) is 1. The van der Waals surface area contributed by atoms with Crippen molar-refractivity contribution in [2.24, 2.45) is 0 Å². The van der Waals surface area contributed by atoms with Crippen molar-refractivity contribution in [3.63, 3.8) is 0 Å². The molecule has 1 saturated heterocycles. The van der Waals surface area contributed by atoms with Crippen LogP contribution in [0.15, 0.2) is 0 Å². The van der Waals surface area contributed by atoms with Gasteiger partial charge in [0.1, 0.15) is 0 Å². The molecule has 0 aromatic rings. The average molecular weight is 255 g/mol. The minimum atomic E-state index is 0.0594. The van der Waals surface area contributed by atoms with Crippen LogP contribution in [-0.2, 0) is 4.79 Å². The van der Waals surface area contributed by atoms with Gasteiger partial charge in [-0.3, -0.25) is 4.79 Å². The Kier molecular flexibility index (Phi) is 6.65. The monoisotopic (exact) mass is 255 g/mol. The van der Waals surface area contributed by atoms with Gasteiger partial charge in [0.15, 0.2) is 0 Å². The highest BCUT2D eigenvalue weighted by molar-refractivity contribution is 5.84. The summed E-state index contributed by atoms with van der Waals surface area (Å²) in [6, 6.07) is 0.384. The van der Waals surface area contributed by atoms with E-state index in [1.807, 2.05) is 4.90 Å². The first-order valence-electron chi connectivity index (χ1n) is 7.40. The SMILES string of the molecule is CCCNC1CCN(C(C)CN(CC)CC)C1=O. The first kappa shape index (κ1) is 15.4. The Morgan fingerprint density at radius 1 is 1.39 bits per heavy atom. The molecule has 1 amide bonds. The summed E-state index contributed by atoms with van der Waals surface area (Å²) in [6.07, 6.45) is 2.04. The highest BCUT2D eigenvalue weighted by Crippen LogP contribution is 2.15. The van der Waals surface area contributed by atoms with Crippen molar-refractivity contribution < 1.29 is 4.79 Å². The molecule has 0 spiro atoms. The molecule has 1 aliphatic rings. The van der Waals surface area contributed by atoms with E-state index in [9.17, 15) is 4.79 Å². The van der Waals surface area contributed by atoms with Crippen LogP contribution < -0.4 is 5.32 Å². The van der Waals surface area contributed by atoms with Gasteiger partial charge in [0.05, 0.1) is 6.04 Å². The zero-order valence-electron chi connectivity index (χ0n) is 12.4. The Hall–Kier alpha value is -0.610. The standard InChI is InChI=1S/C14H29N3O/c1-5-9-15-13-8-10-17(14(13)18)12(4)11-16(6-2)7-3/h12-13,15H,5-11H2,1-4H3. The molecule has 1 aliphatic heterocycles. The van der Waals surface area contributed by atoms with Gasteiger partial charge in [-0.25, -0.2) is 0 Å². The highest BCUT2D eigenvalue weighted by Gasteiger charge is 2.33. The second kappa shape index (κ2) is 7.74. The van der Waals surface area contributed by atoms with Crippen LogP contribution >= 0.6 is 0 Å². The van der Waals surface area contributed by atoms with Gasteiger partial charge < -0.3 is 15.1 Å². The van der Waals surface area contributed by atoms with Gasteiger partial charge in [-0.2, -0.15) is 0 Å². The summed E-state index contributed by atoms with van der Waals surface area (Å²) < 4.78 is 0. The molecule has 2 atom stereocenters. The average Bonchev–Trinajstić information content (AvgIpc) is 2.74. The number of carbonyl (C=O) groups is 1. The third-order valence-corrected chi connectivity index (χ3v) is 3.83. The van der Waals surface area contributed by atoms with Gasteiger partial charge in [0, 0.05) is 19.1 Å². The molecule has 0 aromatic heterocycles. The van der Waals surface area contributed by atoms with Crippen molar-refractivity contribution in [2.45, 2.75) is 52.6 Å². The first-order chi connectivity index (χ1) is 8.63. The first-order valence-corrected chi connectivity index (χ1v) is 7.40. The maximum absolute atomic E-state index is 12.3. The minimum absolute atomic E-state index is 0.0594. The lowest BCUT2D eigenvalue weighted by Gasteiger charge is -2.30. The fourth-order valence-electron chi connectivity index (χ4n) is 2.60. The van der Waals surface area contributed by atoms with Gasteiger partial charge in [0.2, 0.25) is 5.91 Å². The molecule has 1 heterocycles. The van der Waals surface area contributed by atoms with Crippen molar-refractivity contribution >= 4 is 5.91 Å². The van der Waals surface area contributed by atoms with Crippen LogP contribution in [0, 0.1) is 0 Å². The largest absolute Gasteiger partial charge is 0.337 e. The van der Waals surface area contributed by atoms with Crippen LogP contribution in [0.2, 0.25) is 0 Å². The Bertz CT molecular complexity index is 253. The Balaban J connectivity index is 2.45. The topological polar surface area (TPSA) is 35.6 Å². The molecule has 1 fully saturated rings. The van der Waals surface area contributed by atoms with E-state index in [1.165, 1.54) is 0 Å². The maximum Gasteiger partial charge on any atom is 0.240 e. The Morgan fingerprint density at radius 2 is 2.06 bits per heavy atom. The molecule has 0 aliphatic carbocycles. The van der Waals surface area contributed by atoms with Crippen LogP contribution in [-0.4, -0.2) is 60.5 Å². The van der Waals surface area contributed by atoms with E-state index in [0.717, 1.165) is 45.6 Å². The van der Waals surface area contributed by atoms with Crippen LogP contribution in [0.1, 0.15) is 40.5 Å². The van der Waals surface area contributed by atoms with E-state index in [4.69, 9.17) is 0 Å². The molecular formula is C14H29N3O. The van der Waals surface area contributed by atoms with Gasteiger partial charge >= 0.3 is 0 Å². The van der Waals surface area contributed by atoms with E-state index >= 15 is 0 Å². The lowest BCUT2D eigenvalue weighted by Crippen LogP contribution is -2.46. The van der Waals surface area contributed by atoms with Crippen molar-refractivity contribution in [1.82, 2.24) is 15.1 Å². The Morgan fingerprint density at radius 3 is 2.61 bits per heavy atom. The highest BCUT2D eigenvalue weighted by atomic mass is 16.2. The van der Waals surface area contributed by atoms with Crippen LogP contribution in [0.3, 0.4) is 0 Å². The van der Waals surface area contributed by atoms with Gasteiger partial charge in [0.25, 0.3) is 0 Å². The van der Waals surface area contributed by atoms with Crippen molar-refractivity contribution in [2.75, 3.05) is 32.7 Å². The van der Waals surface area contributed by atoms with Gasteiger partial charge in [-0.15, -0.1) is 0 Å². The summed E-state index contributed by atoms with van der Waals surface area (Å²) in [4.78, 5) is 16.7. The predicted octanol–water partition coefficient (Wildman–Crippen LogP) is 1.32. The molecule has 0 saturated carbocycles. The summed E-state index contributed by atoms with van der Waals surface area (Å²) in [5.41, 5.74) is 0. The normalized spacial score (nSPS) is 21.9. The molecule has 2 unspecified atom stereocenters. The summed E-state index contributed by atoms with van der Waals surface area (Å²) in [6.45, 7) is 13.6. The number of likely N-dealkylation sites (N-methyl/N-ethyl adjacent to an activating group) is 1. The van der Waals surface area contributed by atoms with Gasteiger partial charge in [-0.05, 0) is 39.4 Å². The molecule has 0 radical (unpaired) electrons. The molecule has 1 rings (SSSR count). The molecule has 1 N–H and O–H groups in total. The molecular weight excluding hydrogens is 226 g/mol. The molecule has 106 valence electrons. The summed E-state index contributed by atoms with van der Waals surface area (Å²) in [5.74, 6) is 0.295. The van der Waals surface area contributed by atoms with Crippen molar-refractivity contribution in [1.29, 1.82) is 0 Å². The molecule has 4 heteroatoms. The Labute approximate surface area is 112 Å². The number of nitrogens with zero attached hydrogens (tertiary/aromatic N) is 2. The molecule has 0 aromatic carbocycles. The van der Waals surface area contributed by atoms with Crippen molar-refractivity contribution in [3.8, 4) is 0 Å². The third-order valence-electron chi connectivity index (χ3n) is 3.83. The summed E-state index contributed by atoms with van der Waals surface area (Å²) >= 11 is 0. The second-order valence-corrected chi connectivity index (χ2v) is 5.16. The minimum Gasteiger partial charge on any atom is -0.337 e. The zero-order valence-corrected chi connectivity index (χ0v) is 12.4. The summed E-state index contributed by atoms with van der Waals surface area (Å²) in [7, 11) is 0. The lowest BCUT2D eigenvalue weighted by molar-refractivity contribution is -0.131. The fraction of sp³-hybridized carbons (Fsp3) is 0.929.